The summed E-state index contributed by atoms with van der Waals surface area (Å²) in [5.74, 6) is -50.1. The number of hydrogen-bond donors (Lipinski definition) is 1. The van der Waals surface area contributed by atoms with Gasteiger partial charge in [0.25, 0.3) is 0 Å². The van der Waals surface area contributed by atoms with E-state index in [2.05, 4.69) is 46.4 Å². The summed E-state index contributed by atoms with van der Waals surface area (Å²) < 4.78 is 187. The lowest BCUT2D eigenvalue weighted by Crippen LogP contribution is -2.73. The Balaban J connectivity index is 0. The van der Waals surface area contributed by atoms with Crippen molar-refractivity contribution >= 4 is 5.97 Å². The summed E-state index contributed by atoms with van der Waals surface area (Å²) in [4.78, 5) is 12.6. The van der Waals surface area contributed by atoms with Crippen LogP contribution in [0.5, 0.6) is 0 Å². The number of carboxylic acids is 1. The minimum absolute atomic E-state index is 0.910. The predicted molar refractivity (Wildman–Crippen MR) is 160 cm³/mol. The van der Waals surface area contributed by atoms with E-state index in [9.17, 15) is 70.7 Å². The smallest absolute Gasteiger partial charge is 0.460 e. The molecule has 0 radical (unpaired) electrons. The number of hydrogen-bond acceptors (Lipinski definition) is 2. The molecule has 3 unspecified atom stereocenters. The quantitative estimate of drug-likeness (QED) is 0.0995. The van der Waals surface area contributed by atoms with Crippen LogP contribution in [0.3, 0.4) is 0 Å². The molecule has 0 fully saturated rings. The van der Waals surface area contributed by atoms with E-state index in [-0.39, 0.29) is 0 Å². The molecule has 0 aromatic heterocycles. The molecule has 0 aromatic carbocycles. The van der Waals surface area contributed by atoms with Gasteiger partial charge in [0.1, 0.15) is 0 Å². The molecule has 0 aliphatic heterocycles. The summed E-state index contributed by atoms with van der Waals surface area (Å²) >= 11 is 0. The molecule has 18 heteroatoms. The van der Waals surface area contributed by atoms with Gasteiger partial charge in [-0.1, -0.05) is 99.3 Å². The molecule has 0 aliphatic carbocycles. The Hall–Kier alpha value is -1.62. The molecule has 3 nitrogen and oxygen atoms in total. The lowest BCUT2D eigenvalue weighted by atomic mass is 9.91. The molecule has 3 atom stereocenters. The highest BCUT2D eigenvalue weighted by Crippen LogP contribution is 2.62. The molecule has 0 amide bonds. The third-order valence-corrected chi connectivity index (χ3v) is 8.78. The minimum Gasteiger partial charge on any atom is -0.477 e. The van der Waals surface area contributed by atoms with Gasteiger partial charge in [-0.2, -0.15) is 65.9 Å². The van der Waals surface area contributed by atoms with Gasteiger partial charge in [-0.3, -0.25) is 0 Å². The highest BCUT2D eigenvalue weighted by molar-refractivity contribution is 5.77. The zero-order chi connectivity index (χ0) is 40.0. The standard InChI is InChI=1S/C24H51N.C8HF15O2/c1-7-13-16-22(10-4)19-25(20-23(11-5)17-14-8-2)21-24(12-6)18-15-9-3;9-2(10,1(24)25)3(11,12)4(13,14)5(15,16)6(17,18)7(19,20)8(21,22)23/h22-24H,7-21H2,1-6H3;(H,24,25). The van der Waals surface area contributed by atoms with E-state index in [4.69, 9.17) is 5.11 Å². The van der Waals surface area contributed by atoms with Crippen molar-refractivity contribution in [1.82, 2.24) is 4.90 Å². The Morgan fingerprint density at radius 2 is 0.740 bits per heavy atom. The van der Waals surface area contributed by atoms with Crippen molar-refractivity contribution in [2.24, 2.45) is 17.8 Å². The number of rotatable bonds is 24. The fraction of sp³-hybridized carbons (Fsp3) is 0.969. The van der Waals surface area contributed by atoms with Crippen LogP contribution in [0.1, 0.15) is 119 Å². The van der Waals surface area contributed by atoms with Crippen LogP contribution < -0.4 is 0 Å². The molecule has 0 aliphatic rings. The number of alkyl halides is 15. The van der Waals surface area contributed by atoms with Crippen LogP contribution in [-0.4, -0.2) is 77.3 Å². The van der Waals surface area contributed by atoms with Crippen molar-refractivity contribution in [3.63, 3.8) is 0 Å². The molecule has 0 spiro atoms. The third-order valence-electron chi connectivity index (χ3n) is 8.78. The number of aliphatic carboxylic acids is 1. The Kier molecular flexibility index (Phi) is 20.8. The summed E-state index contributed by atoms with van der Waals surface area (Å²) in [6.07, 6.45) is 8.93. The van der Waals surface area contributed by atoms with Crippen molar-refractivity contribution in [3.8, 4) is 0 Å². The van der Waals surface area contributed by atoms with Crippen molar-refractivity contribution in [2.45, 2.75) is 160 Å². The molecule has 302 valence electrons. The molecule has 0 heterocycles. The fourth-order valence-electron chi connectivity index (χ4n) is 5.17. The van der Waals surface area contributed by atoms with Crippen LogP contribution >= 0.6 is 0 Å². The Morgan fingerprint density at radius 1 is 0.480 bits per heavy atom. The van der Waals surface area contributed by atoms with Gasteiger partial charge >= 0.3 is 47.7 Å². The van der Waals surface area contributed by atoms with E-state index in [1.54, 1.807) is 0 Å². The van der Waals surface area contributed by atoms with Gasteiger partial charge in [0.05, 0.1) is 0 Å². The number of nitrogens with zero attached hydrogens (tertiary/aromatic N) is 1. The maximum absolute atomic E-state index is 12.8. The summed E-state index contributed by atoms with van der Waals surface area (Å²) in [5.41, 5.74) is 0. The zero-order valence-corrected chi connectivity index (χ0v) is 29.3. The molecule has 0 rings (SSSR count). The fourth-order valence-corrected chi connectivity index (χ4v) is 5.17. The molecular weight excluding hydrogens is 715 g/mol. The summed E-state index contributed by atoms with van der Waals surface area (Å²) in [5, 5.41) is 7.57. The van der Waals surface area contributed by atoms with Crippen LogP contribution in [0.2, 0.25) is 0 Å². The van der Waals surface area contributed by atoms with E-state index < -0.39 is 47.7 Å². The second kappa shape index (κ2) is 20.6. The second-order valence-corrected chi connectivity index (χ2v) is 12.7. The van der Waals surface area contributed by atoms with E-state index >= 15 is 0 Å². The average Bonchev–Trinajstić information content (AvgIpc) is 3.01. The zero-order valence-electron chi connectivity index (χ0n) is 29.3. The van der Waals surface area contributed by atoms with E-state index in [0.717, 1.165) is 17.8 Å². The van der Waals surface area contributed by atoms with Crippen molar-refractivity contribution in [3.05, 3.63) is 0 Å². The van der Waals surface area contributed by atoms with Gasteiger partial charge in [-0.15, -0.1) is 0 Å². The van der Waals surface area contributed by atoms with Gasteiger partial charge in [0.2, 0.25) is 0 Å². The van der Waals surface area contributed by atoms with E-state index in [1.807, 2.05) is 0 Å². The molecule has 50 heavy (non-hydrogen) atoms. The monoisotopic (exact) mass is 767 g/mol. The topological polar surface area (TPSA) is 40.5 Å². The van der Waals surface area contributed by atoms with Crippen molar-refractivity contribution in [1.29, 1.82) is 0 Å². The molecule has 0 bridgehead atoms. The molecule has 0 saturated carbocycles. The minimum atomic E-state index is -8.47. The number of unbranched alkanes of at least 4 members (excludes halogenated alkanes) is 3. The van der Waals surface area contributed by atoms with E-state index in [1.165, 1.54) is 96.7 Å². The second-order valence-electron chi connectivity index (χ2n) is 12.7. The number of carboxylic acid groups (broad SMARTS) is 1. The average molecular weight is 768 g/mol. The van der Waals surface area contributed by atoms with Crippen LogP contribution in [0.4, 0.5) is 65.9 Å². The largest absolute Gasteiger partial charge is 0.477 e. The number of carbonyl (C=O) groups is 1. The molecular formula is C32H52F15NO2. The first-order chi connectivity index (χ1) is 22.6. The molecule has 0 saturated heterocycles. The first-order valence-corrected chi connectivity index (χ1v) is 16.9. The van der Waals surface area contributed by atoms with Gasteiger partial charge in [-0.25, -0.2) is 4.79 Å². The number of halogens is 15. The lowest BCUT2D eigenvalue weighted by Gasteiger charge is -2.40. The van der Waals surface area contributed by atoms with Crippen molar-refractivity contribution in [2.75, 3.05) is 19.6 Å². The highest BCUT2D eigenvalue weighted by atomic mass is 19.4. The van der Waals surface area contributed by atoms with Gasteiger partial charge in [0.15, 0.2) is 0 Å². The molecule has 0 aromatic rings. The van der Waals surface area contributed by atoms with Gasteiger partial charge in [-0.05, 0) is 37.0 Å². The Morgan fingerprint density at radius 3 is 0.960 bits per heavy atom. The molecule has 1 N–H and O–H groups in total. The SMILES string of the molecule is CCCCC(CC)CN(CC(CC)CCCC)CC(CC)CCCC.O=C(O)C(F)(F)C(F)(F)C(F)(F)C(F)(F)C(F)(F)C(F)(F)C(F)(F)F. The summed E-state index contributed by atoms with van der Waals surface area (Å²) in [7, 11) is 0. The van der Waals surface area contributed by atoms with Crippen molar-refractivity contribution < 1.29 is 75.8 Å². The predicted octanol–water partition coefficient (Wildman–Crippen LogP) is 12.4. The van der Waals surface area contributed by atoms with Crippen LogP contribution in [-0.2, 0) is 4.79 Å². The first kappa shape index (κ1) is 50.5. The van der Waals surface area contributed by atoms with Crippen LogP contribution in [0.15, 0.2) is 0 Å². The van der Waals surface area contributed by atoms with Crippen LogP contribution in [0.25, 0.3) is 0 Å². The third kappa shape index (κ3) is 12.2. The van der Waals surface area contributed by atoms with Crippen LogP contribution in [0, 0.1) is 17.8 Å². The van der Waals surface area contributed by atoms with Gasteiger partial charge < -0.3 is 10.0 Å². The maximum Gasteiger partial charge on any atom is 0.460 e. The lowest BCUT2D eigenvalue weighted by molar-refractivity contribution is -0.450. The first-order valence-electron chi connectivity index (χ1n) is 16.9. The van der Waals surface area contributed by atoms with E-state index in [0.29, 0.717) is 0 Å². The maximum atomic E-state index is 12.8. The summed E-state index contributed by atoms with van der Waals surface area (Å²) in [6, 6.07) is 0. The Bertz CT molecular complexity index is 916. The summed E-state index contributed by atoms with van der Waals surface area (Å²) in [6.45, 7) is 18.3. The van der Waals surface area contributed by atoms with Gasteiger partial charge in [0, 0.05) is 19.6 Å². The Labute approximate surface area is 284 Å². The normalized spacial score (nSPS) is 15.8. The highest BCUT2D eigenvalue weighted by Gasteiger charge is 2.94.